The van der Waals surface area contributed by atoms with Crippen LogP contribution in [0.2, 0.25) is 0 Å². The number of nitrogens with two attached hydrogens (primary N) is 1. The lowest BCUT2D eigenvalue weighted by Crippen LogP contribution is -2.36. The summed E-state index contributed by atoms with van der Waals surface area (Å²) in [6.07, 6.45) is 1.71. The Hall–Kier alpha value is -3.59. The Kier molecular flexibility index (Phi) is 5.87. The van der Waals surface area contributed by atoms with Crippen LogP contribution in [0, 0.1) is 0 Å². The monoisotopic (exact) mass is 507 g/mol. The Balaban J connectivity index is 1.33. The van der Waals surface area contributed by atoms with E-state index in [1.165, 1.54) is 0 Å². The molecular formula is C24H22BrN5O3. The van der Waals surface area contributed by atoms with Gasteiger partial charge in [0.2, 0.25) is 17.7 Å². The third kappa shape index (κ3) is 4.49. The van der Waals surface area contributed by atoms with E-state index in [4.69, 9.17) is 20.2 Å². The summed E-state index contributed by atoms with van der Waals surface area (Å²) >= 11 is 3.48. The molecule has 1 saturated heterocycles. The van der Waals surface area contributed by atoms with Gasteiger partial charge in [0.1, 0.15) is 18.4 Å². The highest BCUT2D eigenvalue weighted by Gasteiger charge is 2.32. The number of hydrogen-bond acceptors (Lipinski definition) is 6. The Morgan fingerprint density at radius 3 is 2.88 bits per heavy atom. The van der Waals surface area contributed by atoms with Gasteiger partial charge in [-0.15, -0.1) is 0 Å². The van der Waals surface area contributed by atoms with Crippen molar-refractivity contribution in [3.63, 3.8) is 0 Å². The Bertz CT molecular complexity index is 1320. The first-order valence-corrected chi connectivity index (χ1v) is 11.4. The summed E-state index contributed by atoms with van der Waals surface area (Å²) in [6, 6.07) is 19.9. The van der Waals surface area contributed by atoms with Crippen LogP contribution >= 0.6 is 15.9 Å². The molecule has 8 nitrogen and oxygen atoms in total. The molecule has 0 bridgehead atoms. The first-order chi connectivity index (χ1) is 16.1. The minimum absolute atomic E-state index is 0.0564. The van der Waals surface area contributed by atoms with Gasteiger partial charge in [-0.3, -0.25) is 0 Å². The van der Waals surface area contributed by atoms with E-state index in [0.717, 1.165) is 45.0 Å². The second kappa shape index (κ2) is 9.11. The molecular weight excluding hydrogens is 486 g/mol. The van der Waals surface area contributed by atoms with Crippen LogP contribution in [0.1, 0.15) is 30.3 Å². The number of hydrogen-bond donors (Lipinski definition) is 2. The molecule has 1 aliphatic rings. The molecule has 33 heavy (non-hydrogen) atoms. The van der Waals surface area contributed by atoms with Crippen molar-refractivity contribution in [3.05, 3.63) is 76.6 Å². The number of halogens is 1. The number of benzene rings is 3. The second-order valence-electron chi connectivity index (χ2n) is 7.91. The minimum atomic E-state index is -0.187. The minimum Gasteiger partial charge on any atom is -0.489 e. The van der Waals surface area contributed by atoms with Crippen molar-refractivity contribution < 1.29 is 14.5 Å². The molecule has 1 aromatic heterocycles. The summed E-state index contributed by atoms with van der Waals surface area (Å²) in [5.74, 6) is 1.83. The van der Waals surface area contributed by atoms with Crippen molar-refractivity contribution in [3.8, 4) is 17.1 Å². The third-order valence-electron chi connectivity index (χ3n) is 5.74. The zero-order valence-corrected chi connectivity index (χ0v) is 19.3. The van der Waals surface area contributed by atoms with Gasteiger partial charge in [-0.2, -0.15) is 4.98 Å². The van der Waals surface area contributed by atoms with E-state index >= 15 is 0 Å². The number of fused-ring (bicyclic) bond motifs is 1. The number of rotatable bonds is 5. The third-order valence-corrected chi connectivity index (χ3v) is 6.23. The van der Waals surface area contributed by atoms with Crippen LogP contribution in [-0.2, 0) is 6.61 Å². The van der Waals surface area contributed by atoms with E-state index in [2.05, 4.69) is 31.2 Å². The molecule has 1 aliphatic heterocycles. The van der Waals surface area contributed by atoms with Gasteiger partial charge in [-0.1, -0.05) is 56.6 Å². The van der Waals surface area contributed by atoms with E-state index in [9.17, 15) is 0 Å². The van der Waals surface area contributed by atoms with Crippen molar-refractivity contribution >= 4 is 32.7 Å². The van der Waals surface area contributed by atoms with Gasteiger partial charge >= 0.3 is 0 Å². The summed E-state index contributed by atoms with van der Waals surface area (Å²) in [4.78, 5) is 6.35. The highest BCUT2D eigenvalue weighted by atomic mass is 79.9. The molecule has 0 saturated carbocycles. The summed E-state index contributed by atoms with van der Waals surface area (Å²) in [6.45, 7) is 1.18. The van der Waals surface area contributed by atoms with Crippen LogP contribution in [0.5, 0.6) is 5.75 Å². The molecule has 3 aromatic carbocycles. The van der Waals surface area contributed by atoms with Gasteiger partial charge < -0.3 is 25.1 Å². The summed E-state index contributed by atoms with van der Waals surface area (Å²) in [5, 5.41) is 18.4. The van der Waals surface area contributed by atoms with Crippen LogP contribution in [0.4, 0.5) is 0 Å². The van der Waals surface area contributed by atoms with Crippen LogP contribution in [0.25, 0.3) is 22.2 Å². The van der Waals surface area contributed by atoms with Gasteiger partial charge in [0.05, 0.1) is 0 Å². The maximum Gasteiger partial charge on any atom is 0.249 e. The molecule has 9 heteroatoms. The van der Waals surface area contributed by atoms with Crippen LogP contribution < -0.4 is 10.5 Å². The smallest absolute Gasteiger partial charge is 0.249 e. The molecule has 0 radical (unpaired) electrons. The van der Waals surface area contributed by atoms with Crippen molar-refractivity contribution in [1.82, 2.24) is 15.0 Å². The predicted octanol–water partition coefficient (Wildman–Crippen LogP) is 5.07. The normalized spacial score (nSPS) is 16.5. The van der Waals surface area contributed by atoms with Crippen molar-refractivity contribution in [2.24, 2.45) is 10.9 Å². The number of guanidine groups is 1. The summed E-state index contributed by atoms with van der Waals surface area (Å²) in [5.41, 5.74) is 7.74. The average Bonchev–Trinajstić information content (AvgIpc) is 3.52. The number of nitrogens with zero attached hydrogens (tertiary/aromatic N) is 4. The van der Waals surface area contributed by atoms with Gasteiger partial charge in [0, 0.05) is 16.6 Å². The van der Waals surface area contributed by atoms with Crippen LogP contribution in [0.3, 0.4) is 0 Å². The van der Waals surface area contributed by atoms with Crippen molar-refractivity contribution in [2.75, 3.05) is 6.54 Å². The number of likely N-dealkylation sites (tertiary alicyclic amines) is 1. The predicted molar refractivity (Wildman–Crippen MR) is 128 cm³/mol. The first kappa shape index (κ1) is 21.3. The topological polar surface area (TPSA) is 110 Å². The zero-order chi connectivity index (χ0) is 22.8. The quantitative estimate of drug-likeness (QED) is 0.168. The summed E-state index contributed by atoms with van der Waals surface area (Å²) in [7, 11) is 0. The second-order valence-corrected chi connectivity index (χ2v) is 8.82. The highest BCUT2D eigenvalue weighted by molar-refractivity contribution is 9.10. The standard InChI is InChI=1S/C24H22BrN5O3/c25-19-4-1-3-15(11-19)14-32-20-9-8-16-12-18(7-6-17(16)13-20)22-27-23(33-29-22)21-5-2-10-30(21)24(26)28-31/h1,3-4,6-9,11-13,21,31H,2,5,10,14H2,(H2,26,28)/t21-/m0/s1. The maximum atomic E-state index is 9.01. The molecule has 2 heterocycles. The molecule has 0 spiro atoms. The molecule has 0 aliphatic carbocycles. The Morgan fingerprint density at radius 2 is 2.03 bits per heavy atom. The maximum absolute atomic E-state index is 9.01. The molecule has 1 atom stereocenters. The van der Waals surface area contributed by atoms with E-state index < -0.39 is 0 Å². The molecule has 168 valence electrons. The molecule has 1 fully saturated rings. The lowest BCUT2D eigenvalue weighted by atomic mass is 10.1. The SMILES string of the molecule is N/C(=N\O)N1CCC[C@H]1c1nc(-c2ccc3cc(OCc4cccc(Br)c4)ccc3c2)no1. The van der Waals surface area contributed by atoms with E-state index in [1.54, 1.807) is 4.90 Å². The molecule has 5 rings (SSSR count). The Labute approximate surface area is 198 Å². The Morgan fingerprint density at radius 1 is 1.18 bits per heavy atom. The number of aromatic nitrogens is 2. The highest BCUT2D eigenvalue weighted by Crippen LogP contribution is 2.32. The fourth-order valence-electron chi connectivity index (χ4n) is 4.09. The van der Waals surface area contributed by atoms with Gasteiger partial charge in [0.25, 0.3) is 0 Å². The fraction of sp³-hybridized carbons (Fsp3) is 0.208. The molecule has 4 aromatic rings. The lowest BCUT2D eigenvalue weighted by Gasteiger charge is -2.21. The average molecular weight is 508 g/mol. The lowest BCUT2D eigenvalue weighted by molar-refractivity contribution is 0.263. The van der Waals surface area contributed by atoms with Crippen molar-refractivity contribution in [2.45, 2.75) is 25.5 Å². The van der Waals surface area contributed by atoms with E-state index in [1.807, 2.05) is 60.7 Å². The van der Waals surface area contributed by atoms with Crippen LogP contribution in [-0.4, -0.2) is 32.8 Å². The largest absolute Gasteiger partial charge is 0.489 e. The number of ether oxygens (including phenoxy) is 1. The van der Waals surface area contributed by atoms with Crippen LogP contribution in [0.15, 0.2) is 74.8 Å². The molecule has 0 amide bonds. The van der Waals surface area contributed by atoms with E-state index in [0.29, 0.717) is 24.9 Å². The van der Waals surface area contributed by atoms with E-state index in [-0.39, 0.29) is 12.0 Å². The van der Waals surface area contributed by atoms with Gasteiger partial charge in [-0.05, 0) is 59.5 Å². The van der Waals surface area contributed by atoms with Gasteiger partial charge in [-0.25, -0.2) is 0 Å². The van der Waals surface area contributed by atoms with Gasteiger partial charge in [0.15, 0.2) is 0 Å². The first-order valence-electron chi connectivity index (χ1n) is 10.6. The molecule has 3 N–H and O–H groups in total. The van der Waals surface area contributed by atoms with Crippen molar-refractivity contribution in [1.29, 1.82) is 0 Å². The fourth-order valence-corrected chi connectivity index (χ4v) is 4.54. The number of oxime groups is 1. The molecule has 0 unspecified atom stereocenters. The summed E-state index contributed by atoms with van der Waals surface area (Å²) < 4.78 is 12.5. The zero-order valence-electron chi connectivity index (χ0n) is 17.7.